The molecule has 15 heavy (non-hydrogen) atoms. The number of aliphatic hydroxyl groups is 1. The number of nitrogens with zero attached hydrogens (tertiary/aromatic N) is 1. The number of aliphatic hydroxyl groups excluding tert-OH is 1. The van der Waals surface area contributed by atoms with Crippen LogP contribution in [-0.2, 0) is 0 Å². The van der Waals surface area contributed by atoms with E-state index in [9.17, 15) is 9.50 Å². The van der Waals surface area contributed by atoms with E-state index in [1.165, 1.54) is 0 Å². The second-order valence-electron chi connectivity index (χ2n) is 5.46. The number of hydrogen-bond acceptors (Lipinski definition) is 2. The van der Waals surface area contributed by atoms with Crippen LogP contribution in [0.3, 0.4) is 0 Å². The monoisotopic (exact) mass is 215 g/mol. The molecule has 1 aliphatic rings. The van der Waals surface area contributed by atoms with E-state index in [4.69, 9.17) is 0 Å². The molecular weight excluding hydrogens is 193 g/mol. The van der Waals surface area contributed by atoms with Crippen molar-refractivity contribution in [3.05, 3.63) is 11.9 Å². The molecular formula is C12H22FNO. The fourth-order valence-corrected chi connectivity index (χ4v) is 1.81. The lowest BCUT2D eigenvalue weighted by atomic mass is 9.96. The molecule has 1 fully saturated rings. The van der Waals surface area contributed by atoms with Crippen molar-refractivity contribution in [2.75, 3.05) is 19.6 Å². The Balaban J connectivity index is 2.38. The lowest BCUT2D eigenvalue weighted by Crippen LogP contribution is -2.36. The minimum atomic E-state index is -0.184. The average molecular weight is 215 g/mol. The highest BCUT2D eigenvalue weighted by atomic mass is 19.1. The Morgan fingerprint density at radius 3 is 2.40 bits per heavy atom. The van der Waals surface area contributed by atoms with E-state index in [0.717, 1.165) is 25.9 Å². The normalized spacial score (nSPS) is 22.1. The summed E-state index contributed by atoms with van der Waals surface area (Å²) in [6.45, 7) is 7.97. The van der Waals surface area contributed by atoms with Crippen LogP contribution in [0.15, 0.2) is 11.9 Å². The van der Waals surface area contributed by atoms with E-state index < -0.39 is 0 Å². The topological polar surface area (TPSA) is 23.5 Å². The second kappa shape index (κ2) is 5.08. The van der Waals surface area contributed by atoms with E-state index in [1.807, 2.05) is 20.8 Å². The van der Waals surface area contributed by atoms with Crippen LogP contribution in [0, 0.1) is 5.41 Å². The third-order valence-corrected chi connectivity index (χ3v) is 2.52. The van der Waals surface area contributed by atoms with Gasteiger partial charge in [0.05, 0.1) is 6.10 Å². The van der Waals surface area contributed by atoms with Gasteiger partial charge in [0.25, 0.3) is 0 Å². The predicted molar refractivity (Wildman–Crippen MR) is 60.3 cm³/mol. The lowest BCUT2D eigenvalue weighted by molar-refractivity contribution is 0.0843. The lowest BCUT2D eigenvalue weighted by Gasteiger charge is -2.29. The maximum Gasteiger partial charge on any atom is 0.110 e. The molecule has 1 rings (SSSR count). The summed E-state index contributed by atoms with van der Waals surface area (Å²) in [5.74, 6) is -0.0566. The summed E-state index contributed by atoms with van der Waals surface area (Å²) in [5.41, 5.74) is -0.0978. The van der Waals surface area contributed by atoms with Crippen molar-refractivity contribution < 1.29 is 9.50 Å². The van der Waals surface area contributed by atoms with E-state index in [1.54, 1.807) is 6.08 Å². The van der Waals surface area contributed by atoms with E-state index in [2.05, 4.69) is 4.90 Å². The van der Waals surface area contributed by atoms with Crippen molar-refractivity contribution in [2.45, 2.75) is 39.7 Å². The van der Waals surface area contributed by atoms with Crippen LogP contribution in [0.1, 0.15) is 33.6 Å². The van der Waals surface area contributed by atoms with Crippen molar-refractivity contribution in [1.82, 2.24) is 4.90 Å². The zero-order chi connectivity index (χ0) is 11.5. The smallest absolute Gasteiger partial charge is 0.110 e. The van der Waals surface area contributed by atoms with E-state index in [0.29, 0.717) is 6.54 Å². The molecule has 0 atom stereocenters. The van der Waals surface area contributed by atoms with Gasteiger partial charge in [-0.05, 0) is 24.3 Å². The maximum absolute atomic E-state index is 13.5. The summed E-state index contributed by atoms with van der Waals surface area (Å²) >= 11 is 0. The van der Waals surface area contributed by atoms with Crippen LogP contribution < -0.4 is 0 Å². The molecule has 1 aliphatic heterocycles. The molecule has 1 saturated heterocycles. The van der Waals surface area contributed by atoms with Gasteiger partial charge in [0.1, 0.15) is 5.83 Å². The summed E-state index contributed by atoms with van der Waals surface area (Å²) in [7, 11) is 0. The molecule has 0 saturated carbocycles. The number of allylic oxidation sites excluding steroid dienone is 1. The van der Waals surface area contributed by atoms with Gasteiger partial charge in [-0.15, -0.1) is 0 Å². The van der Waals surface area contributed by atoms with Crippen LogP contribution >= 0.6 is 0 Å². The standard InChI is InChI=1S/C12H22FNO/c1-12(2,3)8-10(13)9-14-6-4-11(15)5-7-14/h8,11,15H,4-7,9H2,1-3H3/b10-8-. The van der Waals surface area contributed by atoms with Crippen LogP contribution in [0.25, 0.3) is 0 Å². The summed E-state index contributed by atoms with van der Waals surface area (Å²) in [6.07, 6.45) is 3.03. The molecule has 0 radical (unpaired) electrons. The second-order valence-corrected chi connectivity index (χ2v) is 5.46. The van der Waals surface area contributed by atoms with Crippen LogP contribution in [0.5, 0.6) is 0 Å². The molecule has 0 bridgehead atoms. The van der Waals surface area contributed by atoms with Crippen molar-refractivity contribution in [3.8, 4) is 0 Å². The summed E-state index contributed by atoms with van der Waals surface area (Å²) < 4.78 is 13.5. The van der Waals surface area contributed by atoms with E-state index in [-0.39, 0.29) is 17.3 Å². The number of hydrogen-bond donors (Lipinski definition) is 1. The van der Waals surface area contributed by atoms with Crippen molar-refractivity contribution in [2.24, 2.45) is 5.41 Å². The van der Waals surface area contributed by atoms with Gasteiger partial charge in [-0.25, -0.2) is 4.39 Å². The molecule has 2 nitrogen and oxygen atoms in total. The maximum atomic E-state index is 13.5. The molecule has 0 aromatic carbocycles. The quantitative estimate of drug-likeness (QED) is 0.764. The predicted octanol–water partition coefficient (Wildman–Crippen LogP) is 2.34. The largest absolute Gasteiger partial charge is 0.393 e. The average Bonchev–Trinajstić information content (AvgIpc) is 2.05. The van der Waals surface area contributed by atoms with Gasteiger partial charge < -0.3 is 5.11 Å². The van der Waals surface area contributed by atoms with Crippen LogP contribution in [0.4, 0.5) is 4.39 Å². The minimum Gasteiger partial charge on any atom is -0.393 e. The summed E-state index contributed by atoms with van der Waals surface area (Å²) in [5, 5.41) is 9.31. The Kier molecular flexibility index (Phi) is 4.29. The van der Waals surface area contributed by atoms with E-state index >= 15 is 0 Å². The first kappa shape index (κ1) is 12.7. The third-order valence-electron chi connectivity index (χ3n) is 2.52. The SMILES string of the molecule is CC(C)(C)/C=C(\F)CN1CCC(O)CC1. The molecule has 1 heterocycles. The van der Waals surface area contributed by atoms with Gasteiger partial charge >= 0.3 is 0 Å². The van der Waals surface area contributed by atoms with Crippen molar-refractivity contribution in [3.63, 3.8) is 0 Å². The van der Waals surface area contributed by atoms with Gasteiger partial charge in [0.2, 0.25) is 0 Å². The highest BCUT2D eigenvalue weighted by molar-refractivity contribution is 5.01. The number of likely N-dealkylation sites (tertiary alicyclic amines) is 1. The first-order valence-corrected chi connectivity index (χ1v) is 5.64. The molecule has 0 amide bonds. The van der Waals surface area contributed by atoms with Gasteiger partial charge in [-0.2, -0.15) is 0 Å². The highest BCUT2D eigenvalue weighted by Crippen LogP contribution is 2.19. The van der Waals surface area contributed by atoms with Gasteiger partial charge in [0.15, 0.2) is 0 Å². The fourth-order valence-electron chi connectivity index (χ4n) is 1.81. The van der Waals surface area contributed by atoms with Crippen LogP contribution in [-0.4, -0.2) is 35.7 Å². The van der Waals surface area contributed by atoms with Gasteiger partial charge in [-0.1, -0.05) is 20.8 Å². The first-order chi connectivity index (χ1) is 6.87. The third kappa shape index (κ3) is 5.28. The number of halogens is 1. The molecule has 1 N–H and O–H groups in total. The molecule has 0 unspecified atom stereocenters. The minimum absolute atomic E-state index is 0.0566. The Morgan fingerprint density at radius 2 is 1.93 bits per heavy atom. The zero-order valence-electron chi connectivity index (χ0n) is 9.96. The molecule has 3 heteroatoms. The Bertz CT molecular complexity index is 224. The Hall–Kier alpha value is -0.410. The van der Waals surface area contributed by atoms with Crippen molar-refractivity contribution in [1.29, 1.82) is 0 Å². The molecule has 0 aliphatic carbocycles. The first-order valence-electron chi connectivity index (χ1n) is 5.64. The number of piperidine rings is 1. The summed E-state index contributed by atoms with van der Waals surface area (Å²) in [4.78, 5) is 2.06. The molecule has 0 spiro atoms. The Morgan fingerprint density at radius 1 is 1.40 bits per heavy atom. The molecule has 0 aromatic rings. The van der Waals surface area contributed by atoms with Crippen LogP contribution in [0.2, 0.25) is 0 Å². The Labute approximate surface area is 91.8 Å². The molecule has 0 aromatic heterocycles. The van der Waals surface area contributed by atoms with Gasteiger partial charge in [0, 0.05) is 19.6 Å². The fraction of sp³-hybridized carbons (Fsp3) is 0.833. The van der Waals surface area contributed by atoms with Crippen molar-refractivity contribution >= 4 is 0 Å². The van der Waals surface area contributed by atoms with Gasteiger partial charge in [-0.3, -0.25) is 4.90 Å². The summed E-state index contributed by atoms with van der Waals surface area (Å²) in [6, 6.07) is 0. The number of rotatable bonds is 2. The molecule has 88 valence electrons. The zero-order valence-corrected chi connectivity index (χ0v) is 9.96. The highest BCUT2D eigenvalue weighted by Gasteiger charge is 2.18.